The Bertz CT molecular complexity index is 1830. The molecule has 12 heteroatoms. The number of rotatable bonds is 12. The van der Waals surface area contributed by atoms with Crippen molar-refractivity contribution in [2.75, 3.05) is 19.8 Å². The Balaban J connectivity index is 1.24. The van der Waals surface area contributed by atoms with E-state index in [1.807, 2.05) is 54.6 Å². The molecule has 248 valence electrons. The second kappa shape index (κ2) is 15.2. The summed E-state index contributed by atoms with van der Waals surface area (Å²) >= 11 is 6.06. The quantitative estimate of drug-likeness (QED) is 0.0568. The molecule has 0 radical (unpaired) electrons. The van der Waals surface area contributed by atoms with Crippen molar-refractivity contribution >= 4 is 17.3 Å². The molecule has 0 amide bonds. The monoisotopic (exact) mass is 684 g/mol. The lowest BCUT2D eigenvalue weighted by atomic mass is 10.0. The van der Waals surface area contributed by atoms with Gasteiger partial charge in [0.25, 0.3) is 0 Å². The molecule has 4 aromatic carbocycles. The van der Waals surface area contributed by atoms with E-state index in [0.717, 1.165) is 41.1 Å². The van der Waals surface area contributed by atoms with Gasteiger partial charge in [0.15, 0.2) is 6.61 Å². The van der Waals surface area contributed by atoms with Crippen molar-refractivity contribution < 1.29 is 40.7 Å². The lowest BCUT2D eigenvalue weighted by Crippen LogP contribution is -2.15. The van der Waals surface area contributed by atoms with E-state index in [2.05, 4.69) is 10.1 Å². The largest absolute Gasteiger partial charge is 0.490 e. The van der Waals surface area contributed by atoms with Crippen LogP contribution < -0.4 is 9.47 Å². The predicted molar refractivity (Wildman–Crippen MR) is 170 cm³/mol. The zero-order valence-corrected chi connectivity index (χ0v) is 25.8. The second-order valence-corrected chi connectivity index (χ2v) is 10.9. The average molecular weight is 685 g/mol. The molecule has 0 fully saturated rings. The summed E-state index contributed by atoms with van der Waals surface area (Å²) in [5.41, 5.74) is 2.52. The van der Waals surface area contributed by atoms with E-state index in [1.165, 1.54) is 12.1 Å². The fraction of sp³-hybridized carbons (Fsp3) is 0.167. The number of aromatic nitrogens is 1. The van der Waals surface area contributed by atoms with Crippen LogP contribution in [0.3, 0.4) is 0 Å². The van der Waals surface area contributed by atoms with Gasteiger partial charge >= 0.3 is 12.4 Å². The van der Waals surface area contributed by atoms with E-state index >= 15 is 0 Å². The maximum absolute atomic E-state index is 13.0. The molecule has 1 aromatic heterocycles. The Morgan fingerprint density at radius 3 is 2.02 bits per heavy atom. The third kappa shape index (κ3) is 9.51. The Morgan fingerprint density at radius 1 is 0.667 bits per heavy atom. The molecule has 0 spiro atoms. The summed E-state index contributed by atoms with van der Waals surface area (Å²) in [6.45, 7) is -0.0902. The fourth-order valence-corrected chi connectivity index (χ4v) is 4.76. The summed E-state index contributed by atoms with van der Waals surface area (Å²) in [5.74, 6) is 0.545. The minimum absolute atomic E-state index is 0.00477. The van der Waals surface area contributed by atoms with Gasteiger partial charge in [0.2, 0.25) is 0 Å². The van der Waals surface area contributed by atoms with Crippen molar-refractivity contribution in [2.24, 2.45) is 5.16 Å². The molecule has 0 unspecified atom stereocenters. The van der Waals surface area contributed by atoms with Crippen LogP contribution in [0.25, 0.3) is 11.1 Å². The van der Waals surface area contributed by atoms with Crippen molar-refractivity contribution in [3.8, 4) is 22.6 Å². The zero-order chi connectivity index (χ0) is 34.1. The minimum Gasteiger partial charge on any atom is -0.490 e. The summed E-state index contributed by atoms with van der Waals surface area (Å²) in [4.78, 5) is 9.36. The Hall–Kier alpha value is -5.03. The lowest BCUT2D eigenvalue weighted by molar-refractivity contribution is -0.138. The number of benzene rings is 4. The Labute approximate surface area is 277 Å². The van der Waals surface area contributed by atoms with Crippen molar-refractivity contribution in [3.63, 3.8) is 0 Å². The van der Waals surface area contributed by atoms with Gasteiger partial charge in [-0.25, -0.2) is 0 Å². The number of hydrogen-bond donors (Lipinski definition) is 0. The fourth-order valence-electron chi connectivity index (χ4n) is 4.53. The molecule has 0 saturated heterocycles. The molecule has 5 nitrogen and oxygen atoms in total. The lowest BCUT2D eigenvalue weighted by Gasteiger charge is -2.12. The van der Waals surface area contributed by atoms with Crippen LogP contribution in [0, 0.1) is 0 Å². The Kier molecular flexibility index (Phi) is 10.9. The number of pyridine rings is 1. The SMILES string of the molecule is FC(F)(F)c1cccc(OCCO/N=C(/COc2ccc(Cc3ncc(C(F)(F)F)cc3Cl)cc2)c2ccc(-c3ccccc3)cc2)c1. The molecule has 5 rings (SSSR count). The van der Waals surface area contributed by atoms with Crippen LogP contribution >= 0.6 is 11.6 Å². The zero-order valence-electron chi connectivity index (χ0n) is 25.1. The highest BCUT2D eigenvalue weighted by molar-refractivity contribution is 6.31. The van der Waals surface area contributed by atoms with Crippen molar-refractivity contribution in [1.29, 1.82) is 0 Å². The van der Waals surface area contributed by atoms with Crippen LogP contribution in [0.4, 0.5) is 26.3 Å². The van der Waals surface area contributed by atoms with E-state index in [0.29, 0.717) is 22.7 Å². The smallest absolute Gasteiger partial charge is 0.417 e. The topological polar surface area (TPSA) is 52.9 Å². The Morgan fingerprint density at radius 2 is 1.35 bits per heavy atom. The van der Waals surface area contributed by atoms with Crippen molar-refractivity contribution in [1.82, 2.24) is 4.98 Å². The first-order valence-corrected chi connectivity index (χ1v) is 14.9. The van der Waals surface area contributed by atoms with E-state index < -0.39 is 23.5 Å². The highest BCUT2D eigenvalue weighted by Crippen LogP contribution is 2.32. The van der Waals surface area contributed by atoms with Gasteiger partial charge in [0, 0.05) is 18.2 Å². The normalized spacial score (nSPS) is 12.1. The summed E-state index contributed by atoms with van der Waals surface area (Å²) in [7, 11) is 0. The maximum atomic E-state index is 13.0. The predicted octanol–water partition coefficient (Wildman–Crippen LogP) is 9.91. The molecule has 0 N–H and O–H groups in total. The second-order valence-electron chi connectivity index (χ2n) is 10.4. The van der Waals surface area contributed by atoms with Crippen LogP contribution in [0.2, 0.25) is 5.02 Å². The van der Waals surface area contributed by atoms with Gasteiger partial charge in [-0.05, 0) is 53.1 Å². The minimum atomic E-state index is -4.54. The van der Waals surface area contributed by atoms with Crippen molar-refractivity contribution in [3.05, 3.63) is 148 Å². The molecule has 0 bridgehead atoms. The van der Waals surface area contributed by atoms with Gasteiger partial charge in [-0.15, -0.1) is 0 Å². The van der Waals surface area contributed by atoms with Crippen LogP contribution in [0.15, 0.2) is 121 Å². The third-order valence-corrected chi connectivity index (χ3v) is 7.35. The highest BCUT2D eigenvalue weighted by Gasteiger charge is 2.32. The summed E-state index contributed by atoms with van der Waals surface area (Å²) in [6.07, 6.45) is -8.05. The number of alkyl halides is 6. The maximum Gasteiger partial charge on any atom is 0.417 e. The molecule has 0 saturated carbocycles. The van der Waals surface area contributed by atoms with Crippen LogP contribution in [-0.4, -0.2) is 30.5 Å². The van der Waals surface area contributed by atoms with Crippen molar-refractivity contribution in [2.45, 2.75) is 18.8 Å². The average Bonchev–Trinajstić information content (AvgIpc) is 3.07. The van der Waals surface area contributed by atoms with Crippen LogP contribution in [-0.2, 0) is 23.6 Å². The third-order valence-electron chi connectivity index (χ3n) is 7.02. The molecule has 1 heterocycles. The first kappa shape index (κ1) is 34.3. The van der Waals surface area contributed by atoms with E-state index in [9.17, 15) is 26.3 Å². The van der Waals surface area contributed by atoms with Gasteiger partial charge in [-0.2, -0.15) is 26.3 Å². The first-order chi connectivity index (χ1) is 23.0. The molecule has 0 aliphatic rings. The van der Waals surface area contributed by atoms with Gasteiger partial charge in [-0.1, -0.05) is 89.6 Å². The number of oxime groups is 1. The summed E-state index contributed by atoms with van der Waals surface area (Å²) < 4.78 is 89.2. The van der Waals surface area contributed by atoms with Crippen LogP contribution in [0.5, 0.6) is 11.5 Å². The number of halogens is 7. The molecular weight excluding hydrogens is 658 g/mol. The van der Waals surface area contributed by atoms with E-state index in [4.69, 9.17) is 25.9 Å². The highest BCUT2D eigenvalue weighted by atomic mass is 35.5. The van der Waals surface area contributed by atoms with Gasteiger partial charge in [0.1, 0.15) is 30.4 Å². The molecule has 48 heavy (non-hydrogen) atoms. The van der Waals surface area contributed by atoms with Gasteiger partial charge < -0.3 is 14.3 Å². The molecule has 0 atom stereocenters. The van der Waals surface area contributed by atoms with E-state index in [-0.39, 0.29) is 37.0 Å². The molecular formula is C36H27ClF6N2O3. The standard InChI is InChI=1S/C36H27ClF6N2O3/c37-32-21-29(36(41,42)43)22-44-33(32)19-24-9-15-30(16-10-24)47-23-34(27-13-11-26(12-14-27)25-5-2-1-3-6-25)45-48-18-17-46-31-8-4-7-28(20-31)35(38,39)40/h1-16,20-22H,17-19,23H2/b45-34-. The van der Waals surface area contributed by atoms with Crippen LogP contribution in [0.1, 0.15) is 27.9 Å². The number of nitrogens with zero attached hydrogens (tertiary/aromatic N) is 2. The van der Waals surface area contributed by atoms with Gasteiger partial charge in [-0.3, -0.25) is 4.98 Å². The summed E-state index contributed by atoms with van der Waals surface area (Å²) in [6, 6.07) is 29.7. The van der Waals surface area contributed by atoms with E-state index in [1.54, 1.807) is 24.3 Å². The number of hydrogen-bond acceptors (Lipinski definition) is 5. The molecule has 0 aliphatic carbocycles. The molecule has 5 aromatic rings. The number of ether oxygens (including phenoxy) is 2. The van der Waals surface area contributed by atoms with Gasteiger partial charge in [0.05, 0.1) is 21.8 Å². The molecule has 0 aliphatic heterocycles. The summed E-state index contributed by atoms with van der Waals surface area (Å²) in [5, 5.41) is 4.16. The first-order valence-electron chi connectivity index (χ1n) is 14.5.